The van der Waals surface area contributed by atoms with Crippen LogP contribution in [-0.4, -0.2) is 17.7 Å². The second kappa shape index (κ2) is 8.02. The number of carbonyl (C=O) groups excluding carboxylic acids is 2. The summed E-state index contributed by atoms with van der Waals surface area (Å²) in [7, 11) is 0. The number of hydrogen-bond donors (Lipinski definition) is 1. The Morgan fingerprint density at radius 2 is 1.91 bits per heavy atom. The molecular formula is C18H20FNO2S. The molecule has 5 heteroatoms. The molecule has 3 nitrogen and oxygen atoms in total. The normalized spacial score (nSPS) is 13.3. The quantitative estimate of drug-likeness (QED) is 0.783. The van der Waals surface area contributed by atoms with E-state index in [1.807, 2.05) is 11.4 Å². The zero-order chi connectivity index (χ0) is 16.8. The third-order valence-electron chi connectivity index (χ3n) is 3.61. The van der Waals surface area contributed by atoms with Crippen molar-refractivity contribution < 1.29 is 14.0 Å². The molecule has 0 fully saturated rings. The van der Waals surface area contributed by atoms with E-state index in [4.69, 9.17) is 0 Å². The lowest BCUT2D eigenvalue weighted by molar-refractivity contribution is -0.125. The Hall–Kier alpha value is -2.01. The molecule has 0 saturated carbocycles. The number of thiophene rings is 1. The summed E-state index contributed by atoms with van der Waals surface area (Å²) in [6.45, 7) is 3.56. The largest absolute Gasteiger partial charge is 0.353 e. The Labute approximate surface area is 139 Å². The number of carbonyl (C=O) groups is 2. The number of ketones is 1. The second-order valence-electron chi connectivity index (χ2n) is 5.71. The van der Waals surface area contributed by atoms with Crippen molar-refractivity contribution in [2.24, 2.45) is 5.92 Å². The van der Waals surface area contributed by atoms with E-state index >= 15 is 0 Å². The summed E-state index contributed by atoms with van der Waals surface area (Å²) in [6, 6.07) is 9.82. The average molecular weight is 333 g/mol. The molecule has 0 bridgehead atoms. The monoisotopic (exact) mass is 333 g/mol. The summed E-state index contributed by atoms with van der Waals surface area (Å²) in [4.78, 5) is 24.9. The lowest BCUT2D eigenvalue weighted by Crippen LogP contribution is -2.38. The molecule has 1 amide bonds. The lowest BCUT2D eigenvalue weighted by Gasteiger charge is -2.17. The molecule has 0 aliphatic rings. The van der Waals surface area contributed by atoms with Crippen molar-refractivity contribution in [2.75, 3.05) is 0 Å². The maximum absolute atomic E-state index is 13.6. The highest BCUT2D eigenvalue weighted by Crippen LogP contribution is 2.14. The van der Waals surface area contributed by atoms with Gasteiger partial charge < -0.3 is 5.32 Å². The molecule has 2 rings (SSSR count). The SMILES string of the molecule is C[C@H](Cc1ccccc1F)C(=O)N[C@@H](C)CC(=O)c1cccs1. The van der Waals surface area contributed by atoms with E-state index in [1.165, 1.54) is 17.4 Å². The summed E-state index contributed by atoms with van der Waals surface area (Å²) in [6.07, 6.45) is 0.600. The van der Waals surface area contributed by atoms with Crippen molar-refractivity contribution >= 4 is 23.0 Å². The topological polar surface area (TPSA) is 46.2 Å². The van der Waals surface area contributed by atoms with Crippen molar-refractivity contribution in [1.82, 2.24) is 5.32 Å². The fourth-order valence-corrected chi connectivity index (χ4v) is 3.01. The van der Waals surface area contributed by atoms with Gasteiger partial charge in [0.25, 0.3) is 0 Å². The molecule has 23 heavy (non-hydrogen) atoms. The van der Waals surface area contributed by atoms with Crippen LogP contribution in [0.3, 0.4) is 0 Å². The van der Waals surface area contributed by atoms with Crippen LogP contribution in [0.2, 0.25) is 0 Å². The molecule has 1 aromatic heterocycles. The zero-order valence-electron chi connectivity index (χ0n) is 13.2. The number of halogens is 1. The van der Waals surface area contributed by atoms with E-state index in [-0.39, 0.29) is 35.9 Å². The van der Waals surface area contributed by atoms with E-state index in [9.17, 15) is 14.0 Å². The van der Waals surface area contributed by atoms with Gasteiger partial charge in [0.05, 0.1) is 4.88 Å². The van der Waals surface area contributed by atoms with Crippen LogP contribution < -0.4 is 5.32 Å². The van der Waals surface area contributed by atoms with Crippen molar-refractivity contribution in [2.45, 2.75) is 32.7 Å². The highest BCUT2D eigenvalue weighted by atomic mass is 32.1. The maximum Gasteiger partial charge on any atom is 0.223 e. The van der Waals surface area contributed by atoms with Gasteiger partial charge in [-0.15, -0.1) is 11.3 Å². The molecule has 122 valence electrons. The van der Waals surface area contributed by atoms with Gasteiger partial charge in [0.1, 0.15) is 5.82 Å². The van der Waals surface area contributed by atoms with Crippen molar-refractivity contribution in [3.63, 3.8) is 0 Å². The molecule has 0 spiro atoms. The van der Waals surface area contributed by atoms with Gasteiger partial charge >= 0.3 is 0 Å². The van der Waals surface area contributed by atoms with Crippen LogP contribution >= 0.6 is 11.3 Å². The van der Waals surface area contributed by atoms with E-state index < -0.39 is 0 Å². The predicted octanol–water partition coefficient (Wildman–Crippen LogP) is 3.84. The van der Waals surface area contributed by atoms with Crippen LogP contribution in [0.5, 0.6) is 0 Å². The standard InChI is InChI=1S/C18H20FNO2S/c1-12(10-14-6-3-4-7-15(14)19)18(22)20-13(2)11-16(21)17-8-5-9-23-17/h3-9,12-13H,10-11H2,1-2H3,(H,20,22)/t12-,13+/m1/s1. The molecule has 2 aromatic rings. The maximum atomic E-state index is 13.6. The lowest BCUT2D eigenvalue weighted by atomic mass is 9.99. The van der Waals surface area contributed by atoms with E-state index in [0.29, 0.717) is 16.9 Å². The van der Waals surface area contributed by atoms with Gasteiger partial charge in [0.15, 0.2) is 5.78 Å². The van der Waals surface area contributed by atoms with Crippen molar-refractivity contribution in [3.05, 3.63) is 58.0 Å². The first-order chi connectivity index (χ1) is 11.0. The van der Waals surface area contributed by atoms with Crippen molar-refractivity contribution in [1.29, 1.82) is 0 Å². The highest BCUT2D eigenvalue weighted by Gasteiger charge is 2.19. The number of benzene rings is 1. The summed E-state index contributed by atoms with van der Waals surface area (Å²) in [5.74, 6) is -0.798. The first kappa shape index (κ1) is 17.3. The molecule has 1 heterocycles. The van der Waals surface area contributed by atoms with Gasteiger partial charge in [-0.25, -0.2) is 4.39 Å². The van der Waals surface area contributed by atoms with E-state index in [0.717, 1.165) is 0 Å². The Morgan fingerprint density at radius 1 is 1.17 bits per heavy atom. The summed E-state index contributed by atoms with van der Waals surface area (Å²) >= 11 is 1.40. The van der Waals surface area contributed by atoms with Gasteiger partial charge in [-0.1, -0.05) is 31.2 Å². The summed E-state index contributed by atoms with van der Waals surface area (Å²) < 4.78 is 13.6. The number of nitrogens with one attached hydrogen (secondary N) is 1. The predicted molar refractivity (Wildman–Crippen MR) is 90.1 cm³/mol. The second-order valence-corrected chi connectivity index (χ2v) is 6.66. The Kier molecular flexibility index (Phi) is 6.04. The molecule has 2 atom stereocenters. The smallest absolute Gasteiger partial charge is 0.223 e. The Morgan fingerprint density at radius 3 is 2.57 bits per heavy atom. The van der Waals surface area contributed by atoms with Crippen molar-refractivity contribution in [3.8, 4) is 0 Å². The summed E-state index contributed by atoms with van der Waals surface area (Å²) in [5.41, 5.74) is 0.525. The molecule has 0 unspecified atom stereocenters. The van der Waals surface area contributed by atoms with E-state index in [1.54, 1.807) is 38.1 Å². The van der Waals surface area contributed by atoms with E-state index in [2.05, 4.69) is 5.32 Å². The third-order valence-corrected chi connectivity index (χ3v) is 4.52. The molecule has 0 aliphatic carbocycles. The van der Waals surface area contributed by atoms with Crippen LogP contribution in [0.4, 0.5) is 4.39 Å². The molecule has 0 saturated heterocycles. The Bertz CT molecular complexity index is 669. The first-order valence-electron chi connectivity index (χ1n) is 7.58. The van der Waals surface area contributed by atoms with Gasteiger partial charge in [0.2, 0.25) is 5.91 Å². The number of amides is 1. The number of rotatable bonds is 7. The first-order valence-corrected chi connectivity index (χ1v) is 8.46. The fourth-order valence-electron chi connectivity index (χ4n) is 2.34. The van der Waals surface area contributed by atoms with Gasteiger partial charge in [-0.2, -0.15) is 0 Å². The van der Waals surface area contributed by atoms with Gasteiger partial charge in [0, 0.05) is 18.4 Å². The van der Waals surface area contributed by atoms with Gasteiger partial charge in [-0.05, 0) is 36.4 Å². The molecular weight excluding hydrogens is 313 g/mol. The minimum absolute atomic E-state index is 0.0227. The number of Topliss-reactive ketones (excluding diaryl/α,β-unsaturated/α-hetero) is 1. The minimum atomic E-state index is -0.355. The third kappa shape index (κ3) is 4.99. The van der Waals surface area contributed by atoms with Crippen LogP contribution in [0, 0.1) is 11.7 Å². The van der Waals surface area contributed by atoms with Crippen LogP contribution in [0.25, 0.3) is 0 Å². The molecule has 0 aliphatic heterocycles. The van der Waals surface area contributed by atoms with Crippen LogP contribution in [0.15, 0.2) is 41.8 Å². The minimum Gasteiger partial charge on any atom is -0.353 e. The molecule has 0 radical (unpaired) electrons. The average Bonchev–Trinajstić information content (AvgIpc) is 3.03. The molecule has 1 N–H and O–H groups in total. The highest BCUT2D eigenvalue weighted by molar-refractivity contribution is 7.12. The molecule has 1 aromatic carbocycles. The van der Waals surface area contributed by atoms with Crippen LogP contribution in [-0.2, 0) is 11.2 Å². The Balaban J connectivity index is 1.85. The summed E-state index contributed by atoms with van der Waals surface area (Å²) in [5, 5.41) is 4.69. The van der Waals surface area contributed by atoms with Gasteiger partial charge in [-0.3, -0.25) is 9.59 Å². The zero-order valence-corrected chi connectivity index (χ0v) is 14.0. The fraction of sp³-hybridized carbons (Fsp3) is 0.333. The number of hydrogen-bond acceptors (Lipinski definition) is 3. The van der Waals surface area contributed by atoms with Crippen LogP contribution in [0.1, 0.15) is 35.5 Å².